The van der Waals surface area contributed by atoms with Crippen molar-refractivity contribution in [3.63, 3.8) is 0 Å². The van der Waals surface area contributed by atoms with Crippen LogP contribution in [0.25, 0.3) is 0 Å². The van der Waals surface area contributed by atoms with Gasteiger partial charge in [0.15, 0.2) is 0 Å². The van der Waals surface area contributed by atoms with Crippen LogP contribution in [0.1, 0.15) is 35.1 Å². The molecule has 0 fully saturated rings. The second kappa shape index (κ2) is 7.41. The number of aliphatic imine (C=N–C) groups is 1. The lowest BCUT2D eigenvalue weighted by Crippen LogP contribution is -2.28. The Kier molecular flexibility index (Phi) is 4.61. The van der Waals surface area contributed by atoms with Gasteiger partial charge in [-0.1, -0.05) is 54.1 Å². The molecular weight excluding hydrogens is 380 g/mol. The molecular formula is C25H21ClN2O. The van der Waals surface area contributed by atoms with Crippen molar-refractivity contribution in [3.05, 3.63) is 101 Å². The molecule has 29 heavy (non-hydrogen) atoms. The van der Waals surface area contributed by atoms with Crippen LogP contribution in [-0.2, 0) is 0 Å². The highest BCUT2D eigenvalue weighted by atomic mass is 35.5. The number of benzene rings is 3. The first kappa shape index (κ1) is 18.0. The molecule has 0 spiro atoms. The summed E-state index contributed by atoms with van der Waals surface area (Å²) in [5.41, 5.74) is 5.33. The molecule has 1 heterocycles. The molecule has 2 aliphatic rings. The minimum Gasteiger partial charge on any atom is -0.507 e. The molecule has 4 heteroatoms. The first-order valence-electron chi connectivity index (χ1n) is 9.84. The van der Waals surface area contributed by atoms with Gasteiger partial charge < -0.3 is 10.4 Å². The van der Waals surface area contributed by atoms with E-state index < -0.39 is 0 Å². The average Bonchev–Trinajstić information content (AvgIpc) is 3.24. The average molecular weight is 401 g/mol. The van der Waals surface area contributed by atoms with Gasteiger partial charge in [-0.25, -0.2) is 0 Å². The van der Waals surface area contributed by atoms with Gasteiger partial charge in [-0.2, -0.15) is 0 Å². The number of anilines is 1. The second-order valence-corrected chi connectivity index (χ2v) is 8.05. The van der Waals surface area contributed by atoms with Crippen LogP contribution in [0.4, 0.5) is 11.4 Å². The molecule has 5 rings (SSSR count). The van der Waals surface area contributed by atoms with Crippen molar-refractivity contribution >= 4 is 29.2 Å². The summed E-state index contributed by atoms with van der Waals surface area (Å²) in [6.45, 7) is 0. The summed E-state index contributed by atoms with van der Waals surface area (Å²) in [6, 6.07) is 22.1. The normalized spacial score (nSPS) is 22.3. The van der Waals surface area contributed by atoms with Crippen molar-refractivity contribution in [3.8, 4) is 5.75 Å². The molecule has 0 saturated heterocycles. The van der Waals surface area contributed by atoms with Crippen LogP contribution < -0.4 is 5.32 Å². The van der Waals surface area contributed by atoms with Gasteiger partial charge in [-0.3, -0.25) is 4.99 Å². The summed E-state index contributed by atoms with van der Waals surface area (Å²) in [7, 11) is 0. The minimum atomic E-state index is 0.166. The standard InChI is InChI=1S/C25H21ClN2O/c26-18-10-13-24(29)17(14-18)15-27-19-11-8-16(9-12-19)25-22-6-3-5-20(22)21-4-1-2-7-23(21)28-25/h1-5,7-15,20,22,25,28-29H,6H2/t20-,22-,25+/m1/s1. The Morgan fingerprint density at radius 1 is 1.03 bits per heavy atom. The Labute approximate surface area is 175 Å². The molecule has 0 radical (unpaired) electrons. The minimum absolute atomic E-state index is 0.166. The van der Waals surface area contributed by atoms with Crippen molar-refractivity contribution in [1.29, 1.82) is 0 Å². The van der Waals surface area contributed by atoms with Crippen molar-refractivity contribution in [1.82, 2.24) is 0 Å². The van der Waals surface area contributed by atoms with Gasteiger partial charge in [0.2, 0.25) is 0 Å². The number of allylic oxidation sites excluding steroid dienone is 2. The van der Waals surface area contributed by atoms with E-state index in [9.17, 15) is 5.11 Å². The summed E-state index contributed by atoms with van der Waals surface area (Å²) >= 11 is 6.00. The van der Waals surface area contributed by atoms with Crippen LogP contribution in [0.2, 0.25) is 5.02 Å². The van der Waals surface area contributed by atoms with E-state index in [-0.39, 0.29) is 11.8 Å². The van der Waals surface area contributed by atoms with E-state index in [1.165, 1.54) is 16.8 Å². The highest BCUT2D eigenvalue weighted by Crippen LogP contribution is 2.49. The van der Waals surface area contributed by atoms with Crippen molar-refractivity contribution in [2.45, 2.75) is 18.4 Å². The highest BCUT2D eigenvalue weighted by molar-refractivity contribution is 6.30. The maximum absolute atomic E-state index is 9.93. The Morgan fingerprint density at radius 2 is 1.86 bits per heavy atom. The lowest BCUT2D eigenvalue weighted by molar-refractivity contribution is 0.425. The first-order chi connectivity index (χ1) is 14.2. The number of hydrogen-bond acceptors (Lipinski definition) is 3. The number of fused-ring (bicyclic) bond motifs is 3. The van der Waals surface area contributed by atoms with E-state index in [0.717, 1.165) is 12.1 Å². The maximum Gasteiger partial charge on any atom is 0.124 e. The van der Waals surface area contributed by atoms with Crippen LogP contribution in [0.5, 0.6) is 5.75 Å². The lowest BCUT2D eigenvalue weighted by atomic mass is 9.77. The van der Waals surface area contributed by atoms with Gasteiger partial charge in [0.25, 0.3) is 0 Å². The van der Waals surface area contributed by atoms with Crippen LogP contribution in [0.15, 0.2) is 83.9 Å². The van der Waals surface area contributed by atoms with Crippen molar-refractivity contribution in [2.75, 3.05) is 5.32 Å². The van der Waals surface area contributed by atoms with Gasteiger partial charge >= 0.3 is 0 Å². The number of phenols is 1. The predicted octanol–water partition coefficient (Wildman–Crippen LogP) is 6.62. The third-order valence-corrected chi connectivity index (χ3v) is 6.10. The zero-order valence-corrected chi connectivity index (χ0v) is 16.6. The molecule has 2 N–H and O–H groups in total. The number of nitrogens with one attached hydrogen (secondary N) is 1. The molecule has 1 aliphatic heterocycles. The molecule has 3 aromatic rings. The smallest absolute Gasteiger partial charge is 0.124 e. The monoisotopic (exact) mass is 400 g/mol. The van der Waals surface area contributed by atoms with Crippen LogP contribution in [-0.4, -0.2) is 11.3 Å². The summed E-state index contributed by atoms with van der Waals surface area (Å²) in [5, 5.41) is 14.3. The summed E-state index contributed by atoms with van der Waals surface area (Å²) in [4.78, 5) is 4.49. The molecule has 3 nitrogen and oxygen atoms in total. The molecule has 0 aromatic heterocycles. The largest absolute Gasteiger partial charge is 0.507 e. The van der Waals surface area contributed by atoms with Crippen molar-refractivity contribution in [2.24, 2.45) is 10.9 Å². The van der Waals surface area contributed by atoms with Crippen LogP contribution in [0, 0.1) is 5.92 Å². The fraction of sp³-hybridized carbons (Fsp3) is 0.160. The van der Waals surface area contributed by atoms with Gasteiger partial charge in [0, 0.05) is 28.4 Å². The number of nitrogens with zero attached hydrogens (tertiary/aromatic N) is 1. The van der Waals surface area contributed by atoms with E-state index in [2.05, 4.69) is 58.9 Å². The van der Waals surface area contributed by atoms with E-state index in [0.29, 0.717) is 22.4 Å². The van der Waals surface area contributed by atoms with Gasteiger partial charge in [-0.05, 0) is 59.9 Å². The van der Waals surface area contributed by atoms with Gasteiger partial charge in [-0.15, -0.1) is 0 Å². The summed E-state index contributed by atoms with van der Waals surface area (Å²) in [5.74, 6) is 1.17. The number of aromatic hydroxyl groups is 1. The summed E-state index contributed by atoms with van der Waals surface area (Å²) in [6.07, 6.45) is 7.39. The summed E-state index contributed by atoms with van der Waals surface area (Å²) < 4.78 is 0. The number of halogens is 1. The third kappa shape index (κ3) is 3.43. The SMILES string of the molecule is Oc1ccc(Cl)cc1C=Nc1ccc([C@@H]2Nc3ccccc3[C@H]3C=CC[C@H]32)cc1. The second-order valence-electron chi connectivity index (χ2n) is 7.62. The molecule has 0 amide bonds. The number of hydrogen-bond donors (Lipinski definition) is 2. The predicted molar refractivity (Wildman–Crippen MR) is 120 cm³/mol. The van der Waals surface area contributed by atoms with Crippen LogP contribution >= 0.6 is 11.6 Å². The number of rotatable bonds is 3. The molecule has 3 atom stereocenters. The third-order valence-electron chi connectivity index (χ3n) is 5.87. The van der Waals surface area contributed by atoms with Crippen molar-refractivity contribution < 1.29 is 5.11 Å². The number of para-hydroxylation sites is 1. The fourth-order valence-electron chi connectivity index (χ4n) is 4.41. The molecule has 0 bridgehead atoms. The maximum atomic E-state index is 9.93. The zero-order valence-electron chi connectivity index (χ0n) is 15.8. The van der Waals surface area contributed by atoms with Crippen LogP contribution in [0.3, 0.4) is 0 Å². The molecule has 1 aliphatic carbocycles. The number of phenolic OH excluding ortho intramolecular Hbond substituents is 1. The van der Waals surface area contributed by atoms with E-state index >= 15 is 0 Å². The Morgan fingerprint density at radius 3 is 2.72 bits per heavy atom. The fourth-order valence-corrected chi connectivity index (χ4v) is 4.59. The van der Waals surface area contributed by atoms with E-state index in [1.54, 1.807) is 24.4 Å². The zero-order chi connectivity index (χ0) is 19.8. The molecule has 3 aromatic carbocycles. The Bertz CT molecular complexity index is 1100. The van der Waals surface area contributed by atoms with E-state index in [4.69, 9.17) is 11.6 Å². The highest BCUT2D eigenvalue weighted by Gasteiger charge is 2.37. The Balaban J connectivity index is 1.39. The quantitative estimate of drug-likeness (QED) is 0.383. The van der Waals surface area contributed by atoms with Gasteiger partial charge in [0.05, 0.1) is 11.7 Å². The topological polar surface area (TPSA) is 44.6 Å². The molecule has 0 unspecified atom stereocenters. The Hall–Kier alpha value is -3.04. The molecule has 144 valence electrons. The lowest BCUT2D eigenvalue weighted by Gasteiger charge is -2.37. The van der Waals surface area contributed by atoms with E-state index in [1.807, 2.05) is 12.1 Å². The molecule has 0 saturated carbocycles. The van der Waals surface area contributed by atoms with Gasteiger partial charge in [0.1, 0.15) is 5.75 Å². The first-order valence-corrected chi connectivity index (χ1v) is 10.2.